The Balaban J connectivity index is 1.98. The van der Waals surface area contributed by atoms with Crippen LogP contribution in [0.5, 0.6) is 0 Å². The van der Waals surface area contributed by atoms with Gasteiger partial charge in [-0.1, -0.05) is 12.1 Å². The van der Waals surface area contributed by atoms with Gasteiger partial charge in [-0.15, -0.1) is 11.3 Å². The molecule has 8 nitrogen and oxygen atoms in total. The van der Waals surface area contributed by atoms with Crippen molar-refractivity contribution in [2.75, 3.05) is 17.2 Å². The third kappa shape index (κ3) is 6.17. The zero-order valence-electron chi connectivity index (χ0n) is 15.0. The number of benzene rings is 1. The molecule has 0 aliphatic rings. The molecule has 158 valence electrons. The minimum absolute atomic E-state index is 0.0587. The van der Waals surface area contributed by atoms with E-state index in [9.17, 15) is 32.3 Å². The van der Waals surface area contributed by atoms with Crippen LogP contribution < -0.4 is 16.4 Å². The molecule has 1 aromatic carbocycles. The quantitative estimate of drug-likeness (QED) is 0.427. The Hall–Kier alpha value is -3.67. The van der Waals surface area contributed by atoms with E-state index < -0.39 is 36.4 Å². The molecule has 0 radical (unpaired) electrons. The molecule has 1 heterocycles. The highest BCUT2D eigenvalue weighted by Gasteiger charge is 2.36. The number of nitrogens with one attached hydrogen (secondary N) is 2. The van der Waals surface area contributed by atoms with Crippen molar-refractivity contribution in [2.45, 2.75) is 6.18 Å². The van der Waals surface area contributed by atoms with Crippen LogP contribution in [-0.4, -0.2) is 36.4 Å². The van der Waals surface area contributed by atoms with E-state index in [0.29, 0.717) is 0 Å². The van der Waals surface area contributed by atoms with Crippen LogP contribution >= 0.6 is 11.3 Å². The summed E-state index contributed by atoms with van der Waals surface area (Å²) in [4.78, 5) is 46.2. The molecular weight excluding hydrogens is 427 g/mol. The predicted molar refractivity (Wildman–Crippen MR) is 102 cm³/mol. The maximum atomic E-state index is 12.2. The molecule has 0 aliphatic carbocycles. The number of ketones is 1. The zero-order chi connectivity index (χ0) is 22.3. The van der Waals surface area contributed by atoms with Crippen LogP contribution in [0.2, 0.25) is 0 Å². The summed E-state index contributed by atoms with van der Waals surface area (Å²) in [7, 11) is 0. The molecule has 1 aromatic heterocycles. The number of para-hydroxylation sites is 1. The second-order valence-electron chi connectivity index (χ2n) is 5.54. The van der Waals surface area contributed by atoms with Gasteiger partial charge in [0.05, 0.1) is 16.8 Å². The van der Waals surface area contributed by atoms with Crippen LogP contribution in [0.15, 0.2) is 48.0 Å². The lowest BCUT2D eigenvalue weighted by atomic mass is 10.2. The summed E-state index contributed by atoms with van der Waals surface area (Å²) in [5.74, 6) is -4.48. The Morgan fingerprint density at radius 2 is 1.80 bits per heavy atom. The van der Waals surface area contributed by atoms with Crippen LogP contribution in [0.1, 0.15) is 20.7 Å². The van der Waals surface area contributed by atoms with Crippen LogP contribution in [0.25, 0.3) is 0 Å². The highest BCUT2D eigenvalue weighted by atomic mass is 32.1. The molecule has 0 saturated heterocycles. The minimum atomic E-state index is -5.01. The fourth-order valence-corrected chi connectivity index (χ4v) is 2.87. The number of esters is 1. The number of amides is 2. The first-order valence-electron chi connectivity index (χ1n) is 8.07. The van der Waals surface area contributed by atoms with Crippen molar-refractivity contribution in [2.24, 2.45) is 5.73 Å². The Morgan fingerprint density at radius 1 is 1.10 bits per heavy atom. The lowest BCUT2D eigenvalue weighted by Crippen LogP contribution is -2.22. The average Bonchev–Trinajstić information content (AvgIpc) is 3.14. The van der Waals surface area contributed by atoms with Gasteiger partial charge in [0.15, 0.2) is 6.61 Å². The van der Waals surface area contributed by atoms with Crippen molar-refractivity contribution >= 4 is 45.6 Å². The molecule has 2 aromatic rings. The number of primary amides is 1. The van der Waals surface area contributed by atoms with E-state index in [1.165, 1.54) is 30.3 Å². The number of carbonyl (C=O) groups is 4. The number of nitrogens with two attached hydrogens (primary N) is 1. The summed E-state index contributed by atoms with van der Waals surface area (Å²) in [6.07, 6.45) is -4.01. The molecule has 0 saturated carbocycles. The van der Waals surface area contributed by atoms with Crippen LogP contribution in [-0.2, 0) is 14.3 Å². The first-order chi connectivity index (χ1) is 14.1. The van der Waals surface area contributed by atoms with Gasteiger partial charge in [-0.25, -0.2) is 4.79 Å². The highest BCUT2D eigenvalue weighted by Crippen LogP contribution is 2.23. The number of allylic oxidation sites excluding steroid dienone is 1. The second-order valence-corrected chi connectivity index (χ2v) is 6.45. The molecular formula is C18H14F3N3O5S. The maximum absolute atomic E-state index is 12.2. The number of ether oxygens (including phenoxy) is 1. The summed E-state index contributed by atoms with van der Waals surface area (Å²) in [5.41, 5.74) is 5.25. The molecule has 2 rings (SSSR count). The molecule has 0 unspecified atom stereocenters. The lowest BCUT2D eigenvalue weighted by molar-refractivity contribution is -0.165. The molecule has 4 N–H and O–H groups in total. The van der Waals surface area contributed by atoms with E-state index in [0.717, 1.165) is 17.5 Å². The van der Waals surface area contributed by atoms with E-state index in [1.807, 2.05) is 0 Å². The summed E-state index contributed by atoms with van der Waals surface area (Å²) in [5, 5.41) is 6.51. The summed E-state index contributed by atoms with van der Waals surface area (Å²) < 4.78 is 41.5. The van der Waals surface area contributed by atoms with E-state index >= 15 is 0 Å². The summed E-state index contributed by atoms with van der Waals surface area (Å²) in [6.45, 7) is -0.689. The molecule has 0 fully saturated rings. The van der Waals surface area contributed by atoms with Crippen molar-refractivity contribution in [1.29, 1.82) is 0 Å². The lowest BCUT2D eigenvalue weighted by Gasteiger charge is -2.10. The number of hydrogen-bond acceptors (Lipinski definition) is 7. The number of thiophene rings is 1. The summed E-state index contributed by atoms with van der Waals surface area (Å²) >= 11 is 1.05. The van der Waals surface area contributed by atoms with Crippen molar-refractivity contribution < 1.29 is 37.1 Å². The first kappa shape index (κ1) is 22.6. The highest BCUT2D eigenvalue weighted by molar-refractivity contribution is 7.14. The average molecular weight is 441 g/mol. The largest absolute Gasteiger partial charge is 0.454 e. The van der Waals surface area contributed by atoms with E-state index in [-0.39, 0.29) is 27.9 Å². The number of halogens is 3. The number of carbonyl (C=O) groups excluding carboxylic acids is 4. The van der Waals surface area contributed by atoms with Crippen molar-refractivity contribution in [1.82, 2.24) is 0 Å². The standard InChI is InChI=1S/C18H14F3N3O5S/c19-18(20,21)13(25)5-7-23-12-4-2-1-3-10(12)17(28)29-9-14(26)24-16-11(15(22)27)6-8-30-16/h1-8,23H,9H2,(H2,22,27)(H,24,26)/b7-5+. The van der Waals surface area contributed by atoms with Gasteiger partial charge in [0.2, 0.25) is 0 Å². The van der Waals surface area contributed by atoms with Gasteiger partial charge in [0.1, 0.15) is 5.00 Å². The molecule has 0 bridgehead atoms. The van der Waals surface area contributed by atoms with Gasteiger partial charge in [0.25, 0.3) is 17.6 Å². The molecule has 0 atom stereocenters. The van der Waals surface area contributed by atoms with Crippen LogP contribution in [0.3, 0.4) is 0 Å². The zero-order valence-corrected chi connectivity index (χ0v) is 15.8. The Bertz CT molecular complexity index is 1000. The smallest absolute Gasteiger partial charge is 0.452 e. The number of alkyl halides is 3. The van der Waals surface area contributed by atoms with E-state index in [4.69, 9.17) is 10.5 Å². The van der Waals surface area contributed by atoms with Crippen molar-refractivity contribution in [3.8, 4) is 0 Å². The van der Waals surface area contributed by atoms with E-state index in [2.05, 4.69) is 10.6 Å². The first-order valence-corrected chi connectivity index (χ1v) is 8.95. The topological polar surface area (TPSA) is 128 Å². The normalized spacial score (nSPS) is 11.2. The Labute approximate surface area is 171 Å². The number of rotatable bonds is 8. The fraction of sp³-hybridized carbons (Fsp3) is 0.111. The van der Waals surface area contributed by atoms with Gasteiger partial charge in [0, 0.05) is 12.3 Å². The molecule has 0 aliphatic heterocycles. The second kappa shape index (κ2) is 9.69. The van der Waals surface area contributed by atoms with Gasteiger partial charge >= 0.3 is 12.1 Å². The molecule has 2 amide bonds. The third-order valence-corrected chi connectivity index (χ3v) is 4.25. The van der Waals surface area contributed by atoms with Crippen LogP contribution in [0.4, 0.5) is 23.9 Å². The predicted octanol–water partition coefficient (Wildman–Crippen LogP) is 2.70. The van der Waals surface area contributed by atoms with Gasteiger partial charge < -0.3 is 21.1 Å². The monoisotopic (exact) mass is 441 g/mol. The molecule has 30 heavy (non-hydrogen) atoms. The maximum Gasteiger partial charge on any atom is 0.454 e. The number of hydrogen-bond donors (Lipinski definition) is 3. The molecule has 0 spiro atoms. The van der Waals surface area contributed by atoms with Gasteiger partial charge in [-0.05, 0) is 23.6 Å². The molecule has 12 heteroatoms. The number of anilines is 2. The fourth-order valence-electron chi connectivity index (χ4n) is 2.06. The van der Waals surface area contributed by atoms with E-state index in [1.54, 1.807) is 5.38 Å². The van der Waals surface area contributed by atoms with Crippen molar-refractivity contribution in [3.05, 3.63) is 59.1 Å². The SMILES string of the molecule is NC(=O)c1ccsc1NC(=O)COC(=O)c1ccccc1N/C=C/C(=O)C(F)(F)F. The Morgan fingerprint density at radius 3 is 2.47 bits per heavy atom. The van der Waals surface area contributed by atoms with Gasteiger partial charge in [-0.3, -0.25) is 14.4 Å². The summed E-state index contributed by atoms with van der Waals surface area (Å²) in [6, 6.07) is 7.06. The van der Waals surface area contributed by atoms with Gasteiger partial charge in [-0.2, -0.15) is 13.2 Å². The van der Waals surface area contributed by atoms with Crippen molar-refractivity contribution in [3.63, 3.8) is 0 Å². The third-order valence-electron chi connectivity index (χ3n) is 3.42. The van der Waals surface area contributed by atoms with Crippen LogP contribution in [0, 0.1) is 0 Å². The Kier molecular flexibility index (Phi) is 7.31. The minimum Gasteiger partial charge on any atom is -0.452 e.